The molecule has 0 saturated heterocycles. The van der Waals surface area contributed by atoms with E-state index in [0.29, 0.717) is 17.4 Å². The number of carbonyl (C=O) groups is 1. The molecule has 29 heavy (non-hydrogen) atoms. The summed E-state index contributed by atoms with van der Waals surface area (Å²) in [5.74, 6) is 1.82. The van der Waals surface area contributed by atoms with Gasteiger partial charge in [-0.15, -0.1) is 10.2 Å². The van der Waals surface area contributed by atoms with Gasteiger partial charge < -0.3 is 15.4 Å². The van der Waals surface area contributed by atoms with Gasteiger partial charge in [0.15, 0.2) is 11.5 Å². The zero-order chi connectivity index (χ0) is 20.2. The minimum atomic E-state index is -0.359. The molecule has 4 aromatic rings. The van der Waals surface area contributed by atoms with Crippen LogP contribution in [0.1, 0.15) is 17.0 Å². The molecule has 0 saturated carbocycles. The molecule has 2 amide bonds. The number of amides is 2. The number of hydrogen-bond donors (Lipinski definition) is 2. The van der Waals surface area contributed by atoms with Gasteiger partial charge in [-0.1, -0.05) is 12.1 Å². The molecular weight excluding hydrogens is 368 g/mol. The number of nitrogens with zero attached hydrogens (tertiary/aromatic N) is 4. The van der Waals surface area contributed by atoms with Crippen LogP contribution in [0.5, 0.6) is 11.6 Å². The second-order valence-electron chi connectivity index (χ2n) is 6.59. The monoisotopic (exact) mass is 388 g/mol. The van der Waals surface area contributed by atoms with Crippen LogP contribution in [0.15, 0.2) is 60.9 Å². The van der Waals surface area contributed by atoms with Crippen LogP contribution in [-0.2, 0) is 6.54 Å². The molecule has 8 nitrogen and oxygen atoms in total. The highest BCUT2D eigenvalue weighted by Crippen LogP contribution is 2.22. The smallest absolute Gasteiger partial charge is 0.319 e. The van der Waals surface area contributed by atoms with Crippen molar-refractivity contribution in [1.82, 2.24) is 24.9 Å². The van der Waals surface area contributed by atoms with Gasteiger partial charge in [0.05, 0.1) is 18.4 Å². The molecule has 0 bridgehead atoms. The van der Waals surface area contributed by atoms with E-state index in [2.05, 4.69) is 32.7 Å². The number of aromatic nitrogens is 4. The summed E-state index contributed by atoms with van der Waals surface area (Å²) in [7, 11) is 0. The minimum absolute atomic E-state index is 0.248. The molecule has 0 atom stereocenters. The maximum Gasteiger partial charge on any atom is 0.319 e. The Bertz CT molecular complexity index is 1150. The SMILES string of the molecule is Cc1ccc(Oc2ccc(NC(=O)NCc3nnc4ccccn34)cn2)cc1C. The Hall–Kier alpha value is -3.94. The van der Waals surface area contributed by atoms with Gasteiger partial charge in [-0.25, -0.2) is 9.78 Å². The quantitative estimate of drug-likeness (QED) is 0.542. The van der Waals surface area contributed by atoms with Crippen molar-refractivity contribution in [3.8, 4) is 11.6 Å². The number of fused-ring (bicyclic) bond motifs is 1. The van der Waals surface area contributed by atoms with E-state index in [1.54, 1.807) is 18.3 Å². The van der Waals surface area contributed by atoms with Crippen LogP contribution in [0.25, 0.3) is 5.65 Å². The molecule has 0 spiro atoms. The third-order valence-electron chi connectivity index (χ3n) is 4.49. The Morgan fingerprint density at radius 1 is 1.07 bits per heavy atom. The lowest BCUT2D eigenvalue weighted by Gasteiger charge is -2.09. The highest BCUT2D eigenvalue weighted by molar-refractivity contribution is 5.88. The second kappa shape index (κ2) is 7.97. The first-order valence-corrected chi connectivity index (χ1v) is 9.13. The van der Waals surface area contributed by atoms with Crippen LogP contribution in [0.3, 0.4) is 0 Å². The summed E-state index contributed by atoms with van der Waals surface area (Å²) < 4.78 is 7.57. The lowest BCUT2D eigenvalue weighted by molar-refractivity contribution is 0.251. The number of aryl methyl sites for hydroxylation is 2. The lowest BCUT2D eigenvalue weighted by atomic mass is 10.1. The van der Waals surface area contributed by atoms with Crippen molar-refractivity contribution in [3.05, 3.63) is 77.9 Å². The van der Waals surface area contributed by atoms with Crippen molar-refractivity contribution >= 4 is 17.4 Å². The summed E-state index contributed by atoms with van der Waals surface area (Å²) in [6.07, 6.45) is 3.39. The molecule has 2 N–H and O–H groups in total. The standard InChI is InChI=1S/C21H20N6O2/c1-14-6-8-17(11-15(14)2)29-20-9-7-16(12-22-20)24-21(28)23-13-19-26-25-18-5-3-4-10-27(18)19/h3-12H,13H2,1-2H3,(H2,23,24,28). The Morgan fingerprint density at radius 3 is 2.76 bits per heavy atom. The number of pyridine rings is 2. The van der Waals surface area contributed by atoms with E-state index in [9.17, 15) is 4.79 Å². The van der Waals surface area contributed by atoms with Gasteiger partial charge in [0.25, 0.3) is 0 Å². The van der Waals surface area contributed by atoms with Gasteiger partial charge in [0.1, 0.15) is 5.75 Å². The number of anilines is 1. The Morgan fingerprint density at radius 2 is 1.97 bits per heavy atom. The van der Waals surface area contributed by atoms with Crippen LogP contribution >= 0.6 is 0 Å². The topological polar surface area (TPSA) is 93.4 Å². The van der Waals surface area contributed by atoms with Crippen molar-refractivity contribution in [2.75, 3.05) is 5.32 Å². The molecule has 0 aliphatic carbocycles. The first-order chi connectivity index (χ1) is 14.1. The molecule has 1 aromatic carbocycles. The van der Waals surface area contributed by atoms with E-state index in [-0.39, 0.29) is 12.6 Å². The predicted octanol–water partition coefficient (Wildman–Crippen LogP) is 3.86. The van der Waals surface area contributed by atoms with Crippen molar-refractivity contribution in [2.45, 2.75) is 20.4 Å². The lowest BCUT2D eigenvalue weighted by Crippen LogP contribution is -2.29. The van der Waals surface area contributed by atoms with Crippen LogP contribution < -0.4 is 15.4 Å². The summed E-state index contributed by atoms with van der Waals surface area (Å²) in [6, 6.07) is 14.6. The summed E-state index contributed by atoms with van der Waals surface area (Å²) >= 11 is 0. The number of ether oxygens (including phenoxy) is 1. The molecule has 8 heteroatoms. The number of carbonyl (C=O) groups excluding carboxylic acids is 1. The third-order valence-corrected chi connectivity index (χ3v) is 4.49. The molecule has 4 rings (SSSR count). The summed E-state index contributed by atoms with van der Waals surface area (Å²) in [5, 5.41) is 13.6. The third kappa shape index (κ3) is 4.32. The fourth-order valence-corrected chi connectivity index (χ4v) is 2.76. The van der Waals surface area contributed by atoms with Crippen molar-refractivity contribution < 1.29 is 9.53 Å². The Labute approximate surface area is 167 Å². The normalized spacial score (nSPS) is 10.7. The van der Waals surface area contributed by atoms with Crippen LogP contribution in [0.4, 0.5) is 10.5 Å². The van der Waals surface area contributed by atoms with Crippen molar-refractivity contribution in [3.63, 3.8) is 0 Å². The Balaban J connectivity index is 1.33. The number of benzene rings is 1. The molecule has 3 aromatic heterocycles. The highest BCUT2D eigenvalue weighted by Gasteiger charge is 2.08. The van der Waals surface area contributed by atoms with Gasteiger partial charge in [-0.05, 0) is 55.3 Å². The largest absolute Gasteiger partial charge is 0.439 e. The maximum atomic E-state index is 12.2. The fraction of sp³-hybridized carbons (Fsp3) is 0.143. The van der Waals surface area contributed by atoms with Crippen molar-refractivity contribution in [1.29, 1.82) is 0 Å². The number of urea groups is 1. The maximum absolute atomic E-state index is 12.2. The van der Waals surface area contributed by atoms with E-state index in [1.807, 2.05) is 53.9 Å². The molecule has 146 valence electrons. The Kier molecular flexibility index (Phi) is 5.07. The molecule has 3 heterocycles. The number of rotatable bonds is 5. The summed E-state index contributed by atoms with van der Waals surface area (Å²) in [4.78, 5) is 16.4. The van der Waals surface area contributed by atoms with Crippen LogP contribution in [0.2, 0.25) is 0 Å². The summed E-state index contributed by atoms with van der Waals surface area (Å²) in [6.45, 7) is 4.33. The fourth-order valence-electron chi connectivity index (χ4n) is 2.76. The van der Waals surface area contributed by atoms with E-state index in [1.165, 1.54) is 5.56 Å². The number of nitrogens with one attached hydrogen (secondary N) is 2. The van der Waals surface area contributed by atoms with Gasteiger partial charge in [-0.3, -0.25) is 4.40 Å². The van der Waals surface area contributed by atoms with Gasteiger partial charge in [-0.2, -0.15) is 0 Å². The minimum Gasteiger partial charge on any atom is -0.439 e. The van der Waals surface area contributed by atoms with Crippen LogP contribution in [-0.4, -0.2) is 25.6 Å². The zero-order valence-electron chi connectivity index (χ0n) is 16.1. The van der Waals surface area contributed by atoms with Gasteiger partial charge in [0.2, 0.25) is 5.88 Å². The van der Waals surface area contributed by atoms with E-state index < -0.39 is 0 Å². The average molecular weight is 388 g/mol. The molecule has 0 aliphatic rings. The van der Waals surface area contributed by atoms with Crippen molar-refractivity contribution in [2.24, 2.45) is 0 Å². The van der Waals surface area contributed by atoms with E-state index >= 15 is 0 Å². The van der Waals surface area contributed by atoms with E-state index in [4.69, 9.17) is 4.74 Å². The van der Waals surface area contributed by atoms with Gasteiger partial charge in [0, 0.05) is 12.3 Å². The van der Waals surface area contributed by atoms with E-state index in [0.717, 1.165) is 17.0 Å². The predicted molar refractivity (Wildman–Crippen MR) is 109 cm³/mol. The molecule has 0 fully saturated rings. The first-order valence-electron chi connectivity index (χ1n) is 9.13. The molecule has 0 radical (unpaired) electrons. The second-order valence-corrected chi connectivity index (χ2v) is 6.59. The van der Waals surface area contributed by atoms with Crippen LogP contribution in [0, 0.1) is 13.8 Å². The zero-order valence-corrected chi connectivity index (χ0v) is 16.1. The van der Waals surface area contributed by atoms with Gasteiger partial charge >= 0.3 is 6.03 Å². The molecular formula is C21H20N6O2. The molecule has 0 aliphatic heterocycles. The highest BCUT2D eigenvalue weighted by atomic mass is 16.5. The molecule has 0 unspecified atom stereocenters. The first kappa shape index (κ1) is 18.4. The number of hydrogen-bond acceptors (Lipinski definition) is 5. The average Bonchev–Trinajstić information content (AvgIpc) is 3.14. The summed E-state index contributed by atoms with van der Waals surface area (Å²) in [5.41, 5.74) is 3.64.